The Bertz CT molecular complexity index is 1040. The van der Waals surface area contributed by atoms with Gasteiger partial charge in [-0.3, -0.25) is 14.9 Å². The topological polar surface area (TPSA) is 93.2 Å². The van der Waals surface area contributed by atoms with E-state index in [1.807, 2.05) is 6.92 Å². The normalized spacial score (nSPS) is 10.5. The molecule has 11 heteroatoms. The summed E-state index contributed by atoms with van der Waals surface area (Å²) in [4.78, 5) is 24.4. The first-order chi connectivity index (χ1) is 14.4. The summed E-state index contributed by atoms with van der Waals surface area (Å²) in [6, 6.07) is 11.7. The third-order valence-electron chi connectivity index (χ3n) is 3.58. The molecule has 0 aliphatic carbocycles. The van der Waals surface area contributed by atoms with E-state index in [0.717, 1.165) is 17.1 Å². The Hall–Kier alpha value is -2.33. The SMILES string of the molecule is CCOc1ccc(NC(=O)CSc2nnc(NC(=O)c3ccc(Cl)cc3Cl)s2)cc1. The number of hydrogen-bond donors (Lipinski definition) is 2. The number of anilines is 2. The minimum Gasteiger partial charge on any atom is -0.494 e. The first kappa shape index (κ1) is 22.4. The molecule has 0 atom stereocenters. The summed E-state index contributed by atoms with van der Waals surface area (Å²) in [7, 11) is 0. The van der Waals surface area contributed by atoms with Gasteiger partial charge in [0.15, 0.2) is 4.34 Å². The zero-order chi connectivity index (χ0) is 21.5. The molecule has 30 heavy (non-hydrogen) atoms. The van der Waals surface area contributed by atoms with Gasteiger partial charge in [-0.15, -0.1) is 10.2 Å². The molecule has 0 unspecified atom stereocenters. The third-order valence-corrected chi connectivity index (χ3v) is 6.10. The van der Waals surface area contributed by atoms with E-state index in [2.05, 4.69) is 20.8 Å². The van der Waals surface area contributed by atoms with E-state index in [-0.39, 0.29) is 22.2 Å². The van der Waals surface area contributed by atoms with Crippen molar-refractivity contribution in [1.82, 2.24) is 10.2 Å². The summed E-state index contributed by atoms with van der Waals surface area (Å²) in [5.41, 5.74) is 0.953. The molecule has 3 aromatic rings. The predicted molar refractivity (Wildman–Crippen MR) is 121 cm³/mol. The van der Waals surface area contributed by atoms with Crippen LogP contribution in [0.25, 0.3) is 0 Å². The fraction of sp³-hybridized carbons (Fsp3) is 0.158. The van der Waals surface area contributed by atoms with Gasteiger partial charge in [-0.05, 0) is 49.4 Å². The molecule has 1 heterocycles. The van der Waals surface area contributed by atoms with Crippen LogP contribution in [0.15, 0.2) is 46.8 Å². The van der Waals surface area contributed by atoms with Gasteiger partial charge in [-0.1, -0.05) is 46.3 Å². The van der Waals surface area contributed by atoms with Crippen LogP contribution < -0.4 is 15.4 Å². The third kappa shape index (κ3) is 6.33. The molecular formula is C19H16Cl2N4O3S2. The minimum absolute atomic E-state index is 0.152. The van der Waals surface area contributed by atoms with E-state index in [1.165, 1.54) is 23.9 Å². The van der Waals surface area contributed by atoms with Gasteiger partial charge in [0.25, 0.3) is 5.91 Å². The van der Waals surface area contributed by atoms with Crippen molar-refractivity contribution < 1.29 is 14.3 Å². The number of nitrogens with one attached hydrogen (secondary N) is 2. The number of carbonyl (C=O) groups is 2. The van der Waals surface area contributed by atoms with Gasteiger partial charge in [0.1, 0.15) is 5.75 Å². The second-order valence-corrected chi connectivity index (χ2v) is 8.79. The molecule has 0 bridgehead atoms. The molecule has 0 fully saturated rings. The van der Waals surface area contributed by atoms with Crippen molar-refractivity contribution in [2.75, 3.05) is 23.0 Å². The highest BCUT2D eigenvalue weighted by Gasteiger charge is 2.14. The quantitative estimate of drug-likeness (QED) is 0.337. The number of ether oxygens (including phenoxy) is 1. The van der Waals surface area contributed by atoms with Crippen molar-refractivity contribution in [2.45, 2.75) is 11.3 Å². The van der Waals surface area contributed by atoms with Crippen molar-refractivity contribution in [2.24, 2.45) is 0 Å². The fourth-order valence-electron chi connectivity index (χ4n) is 2.28. The highest BCUT2D eigenvalue weighted by Crippen LogP contribution is 2.27. The fourth-order valence-corrected chi connectivity index (χ4v) is 4.32. The van der Waals surface area contributed by atoms with E-state index in [9.17, 15) is 9.59 Å². The number of halogens is 2. The number of aromatic nitrogens is 2. The van der Waals surface area contributed by atoms with Crippen molar-refractivity contribution in [1.29, 1.82) is 0 Å². The zero-order valence-electron chi connectivity index (χ0n) is 15.6. The van der Waals surface area contributed by atoms with Crippen molar-refractivity contribution in [3.05, 3.63) is 58.1 Å². The Kier molecular flexibility index (Phi) is 7.92. The lowest BCUT2D eigenvalue weighted by Gasteiger charge is -2.06. The van der Waals surface area contributed by atoms with Gasteiger partial charge in [-0.25, -0.2) is 0 Å². The van der Waals surface area contributed by atoms with Crippen LogP contribution in [0.3, 0.4) is 0 Å². The number of nitrogens with zero attached hydrogens (tertiary/aromatic N) is 2. The van der Waals surface area contributed by atoms with Gasteiger partial charge in [0.05, 0.1) is 22.9 Å². The summed E-state index contributed by atoms with van der Waals surface area (Å²) in [6.45, 7) is 2.49. The molecule has 0 saturated carbocycles. The van der Waals surface area contributed by atoms with Crippen LogP contribution in [0.2, 0.25) is 10.0 Å². The lowest BCUT2D eigenvalue weighted by molar-refractivity contribution is -0.113. The lowest BCUT2D eigenvalue weighted by Crippen LogP contribution is -2.13. The van der Waals surface area contributed by atoms with Crippen LogP contribution in [0.1, 0.15) is 17.3 Å². The zero-order valence-corrected chi connectivity index (χ0v) is 18.8. The van der Waals surface area contributed by atoms with E-state index < -0.39 is 5.91 Å². The molecule has 2 amide bonds. The molecular weight excluding hydrogens is 467 g/mol. The Morgan fingerprint density at radius 2 is 1.87 bits per heavy atom. The Morgan fingerprint density at radius 1 is 1.10 bits per heavy atom. The Balaban J connectivity index is 1.50. The van der Waals surface area contributed by atoms with Crippen molar-refractivity contribution in [3.63, 3.8) is 0 Å². The standard InChI is InChI=1S/C19H16Cl2N4O3S2/c1-2-28-13-6-4-12(5-7-13)22-16(26)10-29-19-25-24-18(30-19)23-17(27)14-8-3-11(20)9-15(14)21/h3-9H,2,10H2,1H3,(H,22,26)(H,23,24,27). The number of thioether (sulfide) groups is 1. The highest BCUT2D eigenvalue weighted by molar-refractivity contribution is 8.01. The molecule has 0 saturated heterocycles. The summed E-state index contributed by atoms with van der Waals surface area (Å²) in [5.74, 6) is 0.294. The van der Waals surface area contributed by atoms with Crippen molar-refractivity contribution >= 4 is 68.9 Å². The van der Waals surface area contributed by atoms with Crippen molar-refractivity contribution in [3.8, 4) is 5.75 Å². The van der Waals surface area contributed by atoms with Gasteiger partial charge >= 0.3 is 0 Å². The second-order valence-electron chi connectivity index (χ2n) is 5.75. The first-order valence-electron chi connectivity index (χ1n) is 8.70. The van der Waals surface area contributed by atoms with E-state index in [0.29, 0.717) is 26.8 Å². The Morgan fingerprint density at radius 3 is 2.57 bits per heavy atom. The maximum atomic E-state index is 12.3. The average molecular weight is 483 g/mol. The van der Waals surface area contributed by atoms with Crippen LogP contribution in [0, 0.1) is 0 Å². The summed E-state index contributed by atoms with van der Waals surface area (Å²) >= 11 is 14.3. The largest absolute Gasteiger partial charge is 0.494 e. The maximum absolute atomic E-state index is 12.3. The molecule has 7 nitrogen and oxygen atoms in total. The van der Waals surface area contributed by atoms with Crippen LogP contribution in [0.5, 0.6) is 5.75 Å². The number of hydrogen-bond acceptors (Lipinski definition) is 7. The van der Waals surface area contributed by atoms with Crippen LogP contribution >= 0.6 is 46.3 Å². The molecule has 0 spiro atoms. The van der Waals surface area contributed by atoms with Gasteiger partial charge in [-0.2, -0.15) is 0 Å². The first-order valence-corrected chi connectivity index (χ1v) is 11.3. The highest BCUT2D eigenvalue weighted by atomic mass is 35.5. The molecule has 0 aliphatic rings. The molecule has 156 valence electrons. The molecule has 0 aliphatic heterocycles. The van der Waals surface area contributed by atoms with Gasteiger partial charge in [0.2, 0.25) is 11.0 Å². The summed E-state index contributed by atoms with van der Waals surface area (Å²) in [6.07, 6.45) is 0. The van der Waals surface area contributed by atoms with Gasteiger partial charge in [0, 0.05) is 10.7 Å². The van der Waals surface area contributed by atoms with Crippen LogP contribution in [-0.2, 0) is 4.79 Å². The van der Waals surface area contributed by atoms with E-state index >= 15 is 0 Å². The predicted octanol–water partition coefficient (Wildman–Crippen LogP) is 5.23. The second kappa shape index (κ2) is 10.6. The number of carbonyl (C=O) groups excluding carboxylic acids is 2. The molecule has 2 N–H and O–H groups in total. The molecule has 0 radical (unpaired) electrons. The minimum atomic E-state index is -0.419. The van der Waals surface area contributed by atoms with Crippen LogP contribution in [0.4, 0.5) is 10.8 Å². The Labute approximate surface area is 191 Å². The number of amides is 2. The van der Waals surface area contributed by atoms with E-state index in [1.54, 1.807) is 30.3 Å². The number of rotatable bonds is 8. The molecule has 1 aromatic heterocycles. The lowest BCUT2D eigenvalue weighted by atomic mass is 10.2. The average Bonchev–Trinajstić information content (AvgIpc) is 3.15. The smallest absolute Gasteiger partial charge is 0.259 e. The van der Waals surface area contributed by atoms with Crippen LogP contribution in [-0.4, -0.2) is 34.4 Å². The summed E-state index contributed by atoms with van der Waals surface area (Å²) < 4.78 is 5.92. The number of benzene rings is 2. The van der Waals surface area contributed by atoms with E-state index in [4.69, 9.17) is 27.9 Å². The van der Waals surface area contributed by atoms with Gasteiger partial charge < -0.3 is 10.1 Å². The molecule has 3 rings (SSSR count). The maximum Gasteiger partial charge on any atom is 0.259 e. The monoisotopic (exact) mass is 482 g/mol. The molecule has 2 aromatic carbocycles. The summed E-state index contributed by atoms with van der Waals surface area (Å²) in [5, 5.41) is 14.3.